The fraction of sp³-hybridized carbons (Fsp3) is 0.269. The number of nitrogens with zero attached hydrogens (tertiary/aromatic N) is 3. The topological polar surface area (TPSA) is 48.3 Å². The molecule has 0 bridgehead atoms. The van der Waals surface area contributed by atoms with Crippen LogP contribution in [-0.2, 0) is 0 Å². The van der Waals surface area contributed by atoms with E-state index >= 15 is 0 Å². The molecule has 158 valence electrons. The van der Waals surface area contributed by atoms with Crippen molar-refractivity contribution in [3.05, 3.63) is 83.4 Å². The zero-order valence-electron chi connectivity index (χ0n) is 18.0. The minimum absolute atomic E-state index is 0.143. The van der Waals surface area contributed by atoms with Crippen molar-refractivity contribution in [3.8, 4) is 22.6 Å². The van der Waals surface area contributed by atoms with Crippen LogP contribution in [0.15, 0.2) is 71.8 Å². The Balaban J connectivity index is 1.33. The summed E-state index contributed by atoms with van der Waals surface area (Å²) in [5.41, 5.74) is 7.42. The number of ether oxygens (including phenoxy) is 1. The van der Waals surface area contributed by atoms with Crippen molar-refractivity contribution >= 4 is 5.71 Å². The number of rotatable bonds is 4. The standard InChI is InChI=1S/C26H27N3O2/c1-18(19-11-12-24(30)25(17-19)31-2)27-29-15-13-28(14-16-29)26-22-9-5-3-7-20(22)21-8-4-6-10-23(21)26/h3-12,17,26,30H,13-16H2,1-2H3/b27-18-. The smallest absolute Gasteiger partial charge is 0.161 e. The van der Waals surface area contributed by atoms with Crippen LogP contribution in [-0.4, -0.2) is 54.0 Å². The Labute approximate surface area is 183 Å². The number of benzene rings is 3. The molecule has 1 aliphatic heterocycles. The van der Waals surface area contributed by atoms with E-state index in [0.717, 1.165) is 37.5 Å². The van der Waals surface area contributed by atoms with E-state index in [1.54, 1.807) is 13.2 Å². The molecule has 1 heterocycles. The number of phenols is 1. The van der Waals surface area contributed by atoms with E-state index in [4.69, 9.17) is 9.84 Å². The lowest BCUT2D eigenvalue weighted by Gasteiger charge is -2.37. The molecule has 1 saturated heterocycles. The monoisotopic (exact) mass is 413 g/mol. The zero-order chi connectivity index (χ0) is 21.4. The van der Waals surface area contributed by atoms with Crippen LogP contribution in [0, 0.1) is 0 Å². The number of hydrazone groups is 1. The molecular weight excluding hydrogens is 386 g/mol. The summed E-state index contributed by atoms with van der Waals surface area (Å²) in [4.78, 5) is 2.58. The third-order valence-electron chi connectivity index (χ3n) is 6.35. The van der Waals surface area contributed by atoms with Crippen molar-refractivity contribution in [2.24, 2.45) is 5.10 Å². The first-order valence-electron chi connectivity index (χ1n) is 10.8. The zero-order valence-corrected chi connectivity index (χ0v) is 18.0. The molecule has 0 amide bonds. The molecule has 5 rings (SSSR count). The van der Waals surface area contributed by atoms with Crippen LogP contribution < -0.4 is 4.74 Å². The molecule has 2 aliphatic rings. The number of phenolic OH excluding ortho intramolecular Hbond substituents is 1. The summed E-state index contributed by atoms with van der Waals surface area (Å²) in [5, 5.41) is 16.8. The maximum Gasteiger partial charge on any atom is 0.161 e. The van der Waals surface area contributed by atoms with Gasteiger partial charge in [0.1, 0.15) is 0 Å². The van der Waals surface area contributed by atoms with Crippen molar-refractivity contribution in [1.82, 2.24) is 9.91 Å². The summed E-state index contributed by atoms with van der Waals surface area (Å²) in [7, 11) is 1.56. The summed E-state index contributed by atoms with van der Waals surface area (Å²) < 4.78 is 5.23. The summed E-state index contributed by atoms with van der Waals surface area (Å²) >= 11 is 0. The van der Waals surface area contributed by atoms with E-state index in [-0.39, 0.29) is 5.75 Å². The number of methoxy groups -OCH3 is 1. The van der Waals surface area contributed by atoms with Gasteiger partial charge in [-0.2, -0.15) is 5.10 Å². The number of hydrogen-bond acceptors (Lipinski definition) is 5. The summed E-state index contributed by atoms with van der Waals surface area (Å²) in [6, 6.07) is 23.3. The van der Waals surface area contributed by atoms with Gasteiger partial charge in [-0.15, -0.1) is 0 Å². The Morgan fingerprint density at radius 1 is 0.903 bits per heavy atom. The Bertz CT molecular complexity index is 1090. The SMILES string of the molecule is COc1cc(/C(C)=N\N2CCN(C3c4ccccc4-c4ccccc43)CC2)ccc1O. The maximum atomic E-state index is 9.83. The van der Waals surface area contributed by atoms with Crippen LogP contribution in [0.1, 0.15) is 29.7 Å². The number of piperazine rings is 1. The molecular formula is C26H27N3O2. The molecule has 31 heavy (non-hydrogen) atoms. The molecule has 0 aromatic heterocycles. The predicted molar refractivity (Wildman–Crippen MR) is 124 cm³/mol. The van der Waals surface area contributed by atoms with Crippen molar-refractivity contribution in [1.29, 1.82) is 0 Å². The largest absolute Gasteiger partial charge is 0.504 e. The number of aromatic hydroxyl groups is 1. The van der Waals surface area contributed by atoms with Gasteiger partial charge in [-0.3, -0.25) is 9.91 Å². The van der Waals surface area contributed by atoms with Crippen LogP contribution >= 0.6 is 0 Å². The molecule has 3 aromatic rings. The van der Waals surface area contributed by atoms with Crippen LogP contribution in [0.3, 0.4) is 0 Å². The maximum absolute atomic E-state index is 9.83. The van der Waals surface area contributed by atoms with Crippen molar-refractivity contribution < 1.29 is 9.84 Å². The highest BCUT2D eigenvalue weighted by Crippen LogP contribution is 2.46. The van der Waals surface area contributed by atoms with Crippen LogP contribution in [0.5, 0.6) is 11.5 Å². The second-order valence-electron chi connectivity index (χ2n) is 8.14. The molecule has 3 aromatic carbocycles. The van der Waals surface area contributed by atoms with E-state index in [0.29, 0.717) is 11.8 Å². The number of fused-ring (bicyclic) bond motifs is 3. The van der Waals surface area contributed by atoms with Crippen molar-refractivity contribution in [2.75, 3.05) is 33.3 Å². The van der Waals surface area contributed by atoms with Crippen LogP contribution in [0.2, 0.25) is 0 Å². The van der Waals surface area contributed by atoms with Crippen LogP contribution in [0.25, 0.3) is 11.1 Å². The average molecular weight is 414 g/mol. The fourth-order valence-electron chi connectivity index (χ4n) is 4.76. The van der Waals surface area contributed by atoms with Gasteiger partial charge in [0.15, 0.2) is 11.5 Å². The predicted octanol–water partition coefficient (Wildman–Crippen LogP) is 4.51. The van der Waals surface area contributed by atoms with Gasteiger partial charge in [0.2, 0.25) is 0 Å². The Morgan fingerprint density at radius 3 is 2.13 bits per heavy atom. The first-order chi connectivity index (χ1) is 15.2. The second-order valence-corrected chi connectivity index (χ2v) is 8.14. The van der Waals surface area contributed by atoms with Gasteiger partial charge < -0.3 is 9.84 Å². The number of hydrogen-bond donors (Lipinski definition) is 1. The van der Waals surface area contributed by atoms with E-state index in [9.17, 15) is 5.11 Å². The quantitative estimate of drug-likeness (QED) is 0.640. The second kappa shape index (κ2) is 8.08. The third kappa shape index (κ3) is 3.55. The molecule has 1 fully saturated rings. The van der Waals surface area contributed by atoms with Gasteiger partial charge in [0.25, 0.3) is 0 Å². The van der Waals surface area contributed by atoms with E-state index in [1.807, 2.05) is 19.1 Å². The lowest BCUT2D eigenvalue weighted by atomic mass is 10.0. The minimum Gasteiger partial charge on any atom is -0.504 e. The van der Waals surface area contributed by atoms with E-state index < -0.39 is 0 Å². The third-order valence-corrected chi connectivity index (χ3v) is 6.35. The molecule has 5 heteroatoms. The van der Waals surface area contributed by atoms with Crippen LogP contribution in [0.4, 0.5) is 0 Å². The lowest BCUT2D eigenvalue weighted by Crippen LogP contribution is -2.45. The highest BCUT2D eigenvalue weighted by atomic mass is 16.5. The van der Waals surface area contributed by atoms with Gasteiger partial charge in [0.05, 0.1) is 18.9 Å². The fourth-order valence-corrected chi connectivity index (χ4v) is 4.76. The molecule has 0 spiro atoms. The molecule has 0 unspecified atom stereocenters. The first kappa shape index (κ1) is 19.6. The molecule has 1 aliphatic carbocycles. The lowest BCUT2D eigenvalue weighted by molar-refractivity contribution is 0.114. The van der Waals surface area contributed by atoms with E-state index in [2.05, 4.69) is 58.4 Å². The van der Waals surface area contributed by atoms with Gasteiger partial charge in [-0.05, 0) is 47.4 Å². The average Bonchev–Trinajstić information content (AvgIpc) is 3.14. The van der Waals surface area contributed by atoms with Gasteiger partial charge in [-0.1, -0.05) is 48.5 Å². The molecule has 0 saturated carbocycles. The van der Waals surface area contributed by atoms with E-state index in [1.165, 1.54) is 22.3 Å². The summed E-state index contributed by atoms with van der Waals surface area (Å²) in [6.07, 6.45) is 0. The van der Waals surface area contributed by atoms with Gasteiger partial charge >= 0.3 is 0 Å². The highest BCUT2D eigenvalue weighted by molar-refractivity contribution is 5.99. The van der Waals surface area contributed by atoms with Gasteiger partial charge in [0, 0.05) is 31.7 Å². The first-order valence-corrected chi connectivity index (χ1v) is 10.8. The summed E-state index contributed by atoms with van der Waals surface area (Å²) in [6.45, 7) is 5.69. The summed E-state index contributed by atoms with van der Waals surface area (Å²) in [5.74, 6) is 0.611. The van der Waals surface area contributed by atoms with Crippen molar-refractivity contribution in [3.63, 3.8) is 0 Å². The normalized spacial score (nSPS) is 16.8. The Kier molecular flexibility index (Phi) is 5.12. The van der Waals surface area contributed by atoms with Gasteiger partial charge in [-0.25, -0.2) is 0 Å². The molecule has 1 N–H and O–H groups in total. The minimum atomic E-state index is 0.143. The highest BCUT2D eigenvalue weighted by Gasteiger charge is 2.34. The molecule has 5 nitrogen and oxygen atoms in total. The Morgan fingerprint density at radius 2 is 1.52 bits per heavy atom. The van der Waals surface area contributed by atoms with Crippen molar-refractivity contribution in [2.45, 2.75) is 13.0 Å². The molecule has 0 radical (unpaired) electrons. The molecule has 0 atom stereocenters. The Hall–Kier alpha value is -3.31.